The first-order valence-corrected chi connectivity index (χ1v) is 7.24. The van der Waals surface area contributed by atoms with Crippen molar-refractivity contribution in [1.82, 2.24) is 14.8 Å². The van der Waals surface area contributed by atoms with Crippen molar-refractivity contribution in [3.8, 4) is 16.9 Å². The van der Waals surface area contributed by atoms with E-state index in [0.29, 0.717) is 5.69 Å². The van der Waals surface area contributed by atoms with Crippen molar-refractivity contribution in [2.45, 2.75) is 0 Å². The Morgan fingerprint density at radius 3 is 2.26 bits per heavy atom. The molecule has 0 aliphatic carbocycles. The van der Waals surface area contributed by atoms with Crippen LogP contribution in [-0.2, 0) is 4.84 Å². The average molecular weight is 307 g/mol. The summed E-state index contributed by atoms with van der Waals surface area (Å²) < 4.78 is 1.64. The molecule has 2 aromatic carbocycles. The van der Waals surface area contributed by atoms with Crippen LogP contribution >= 0.6 is 0 Å². The second-order valence-electron chi connectivity index (χ2n) is 5.01. The van der Waals surface area contributed by atoms with Gasteiger partial charge in [0.2, 0.25) is 0 Å². The first-order valence-electron chi connectivity index (χ1n) is 7.24. The summed E-state index contributed by atoms with van der Waals surface area (Å²) in [6, 6.07) is 21.1. The van der Waals surface area contributed by atoms with E-state index in [1.54, 1.807) is 17.8 Å². The lowest BCUT2D eigenvalue weighted by molar-refractivity contribution is -0.0762. The zero-order valence-electron chi connectivity index (χ0n) is 13.0. The number of hydroxylamine groups is 2. The first-order chi connectivity index (χ1) is 11.2. The van der Waals surface area contributed by atoms with Crippen LogP contribution in [0.25, 0.3) is 16.9 Å². The van der Waals surface area contributed by atoms with Crippen molar-refractivity contribution in [2.75, 3.05) is 14.2 Å². The minimum absolute atomic E-state index is 0.258. The number of hydrogen-bond donors (Lipinski definition) is 0. The van der Waals surface area contributed by atoms with Gasteiger partial charge in [0.05, 0.1) is 18.5 Å². The lowest BCUT2D eigenvalue weighted by Gasteiger charge is -2.14. The third-order valence-corrected chi connectivity index (χ3v) is 3.56. The molecule has 0 atom stereocenters. The van der Waals surface area contributed by atoms with Crippen molar-refractivity contribution in [2.24, 2.45) is 0 Å². The topological polar surface area (TPSA) is 47.4 Å². The second-order valence-corrected chi connectivity index (χ2v) is 5.01. The number of nitrogens with zero attached hydrogens (tertiary/aromatic N) is 3. The number of carbonyl (C=O) groups excluding carboxylic acids is 1. The van der Waals surface area contributed by atoms with Gasteiger partial charge in [0, 0.05) is 12.6 Å². The number of benzene rings is 2. The number of para-hydroxylation sites is 1. The fraction of sp³-hybridized carbons (Fsp3) is 0.111. The number of hydrogen-bond acceptors (Lipinski definition) is 3. The van der Waals surface area contributed by atoms with Gasteiger partial charge in [-0.05, 0) is 18.2 Å². The summed E-state index contributed by atoms with van der Waals surface area (Å²) in [4.78, 5) is 17.6. The van der Waals surface area contributed by atoms with Gasteiger partial charge in [0.1, 0.15) is 5.69 Å². The van der Waals surface area contributed by atoms with Gasteiger partial charge in [-0.1, -0.05) is 48.5 Å². The SMILES string of the molecule is CON(C)C(=O)c1cc(-c2ccccc2)nn1-c1ccccc1. The average Bonchev–Trinajstić information content (AvgIpc) is 3.07. The van der Waals surface area contributed by atoms with Crippen molar-refractivity contribution in [3.63, 3.8) is 0 Å². The minimum atomic E-state index is -0.258. The van der Waals surface area contributed by atoms with Gasteiger partial charge < -0.3 is 0 Å². The summed E-state index contributed by atoms with van der Waals surface area (Å²) in [7, 11) is 3.03. The van der Waals surface area contributed by atoms with Gasteiger partial charge in [-0.25, -0.2) is 9.75 Å². The summed E-state index contributed by atoms with van der Waals surface area (Å²) >= 11 is 0. The van der Waals surface area contributed by atoms with E-state index < -0.39 is 0 Å². The number of amides is 1. The van der Waals surface area contributed by atoms with Gasteiger partial charge in [-0.15, -0.1) is 0 Å². The van der Waals surface area contributed by atoms with Crippen molar-refractivity contribution >= 4 is 5.91 Å². The molecule has 0 saturated heterocycles. The Balaban J connectivity index is 2.13. The van der Waals surface area contributed by atoms with E-state index in [2.05, 4.69) is 5.10 Å². The van der Waals surface area contributed by atoms with Gasteiger partial charge in [-0.2, -0.15) is 5.10 Å². The maximum atomic E-state index is 12.6. The molecule has 1 amide bonds. The maximum Gasteiger partial charge on any atom is 0.295 e. The summed E-state index contributed by atoms with van der Waals surface area (Å²) in [6.45, 7) is 0. The van der Waals surface area contributed by atoms with E-state index in [-0.39, 0.29) is 5.91 Å². The Kier molecular flexibility index (Phi) is 4.21. The first kappa shape index (κ1) is 15.0. The predicted molar refractivity (Wildman–Crippen MR) is 88.1 cm³/mol. The molecular formula is C18H17N3O2. The Bertz CT molecular complexity index is 798. The molecule has 0 saturated carbocycles. The summed E-state index contributed by atoms with van der Waals surface area (Å²) in [5.41, 5.74) is 2.96. The second kappa shape index (κ2) is 6.46. The van der Waals surface area contributed by atoms with Gasteiger partial charge in [0.15, 0.2) is 0 Å². The Hall–Kier alpha value is -2.92. The largest absolute Gasteiger partial charge is 0.295 e. The highest BCUT2D eigenvalue weighted by Crippen LogP contribution is 2.22. The highest BCUT2D eigenvalue weighted by molar-refractivity contribution is 5.93. The Morgan fingerprint density at radius 2 is 1.65 bits per heavy atom. The van der Waals surface area contributed by atoms with E-state index in [1.165, 1.54) is 12.2 Å². The van der Waals surface area contributed by atoms with E-state index in [9.17, 15) is 4.79 Å². The lowest BCUT2D eigenvalue weighted by Crippen LogP contribution is -2.27. The highest BCUT2D eigenvalue weighted by atomic mass is 16.7. The third kappa shape index (κ3) is 3.00. The summed E-state index contributed by atoms with van der Waals surface area (Å²) in [5.74, 6) is -0.258. The molecule has 0 spiro atoms. The zero-order chi connectivity index (χ0) is 16.2. The van der Waals surface area contributed by atoms with E-state index >= 15 is 0 Å². The van der Waals surface area contributed by atoms with Crippen LogP contribution in [0.1, 0.15) is 10.5 Å². The van der Waals surface area contributed by atoms with Crippen molar-refractivity contribution in [1.29, 1.82) is 0 Å². The molecular weight excluding hydrogens is 290 g/mol. The molecule has 5 nitrogen and oxygen atoms in total. The molecule has 116 valence electrons. The molecule has 0 aliphatic heterocycles. The molecule has 0 N–H and O–H groups in total. The van der Waals surface area contributed by atoms with Gasteiger partial charge in [-0.3, -0.25) is 9.63 Å². The van der Waals surface area contributed by atoms with Crippen LogP contribution in [0.4, 0.5) is 0 Å². The normalized spacial score (nSPS) is 10.5. The molecule has 5 heteroatoms. The Morgan fingerprint density at radius 1 is 1.04 bits per heavy atom. The fourth-order valence-electron chi connectivity index (χ4n) is 2.29. The molecule has 3 rings (SSSR count). The molecule has 1 heterocycles. The Labute approximate surface area is 134 Å². The third-order valence-electron chi connectivity index (χ3n) is 3.56. The molecule has 3 aromatic rings. The summed E-state index contributed by atoms with van der Waals surface area (Å²) in [5, 5.41) is 5.79. The van der Waals surface area contributed by atoms with Gasteiger partial charge in [0.25, 0.3) is 5.91 Å². The maximum absolute atomic E-state index is 12.6. The fourth-order valence-corrected chi connectivity index (χ4v) is 2.29. The smallest absolute Gasteiger partial charge is 0.274 e. The van der Waals surface area contributed by atoms with Crippen LogP contribution < -0.4 is 0 Å². The van der Waals surface area contributed by atoms with Crippen LogP contribution in [0.5, 0.6) is 0 Å². The molecule has 0 bridgehead atoms. The highest BCUT2D eigenvalue weighted by Gasteiger charge is 2.20. The monoisotopic (exact) mass is 307 g/mol. The minimum Gasteiger partial charge on any atom is -0.274 e. The predicted octanol–water partition coefficient (Wildman–Crippen LogP) is 3.17. The van der Waals surface area contributed by atoms with Crippen LogP contribution in [0.2, 0.25) is 0 Å². The molecule has 0 unspecified atom stereocenters. The molecule has 0 radical (unpaired) electrons. The van der Waals surface area contributed by atoms with Crippen LogP contribution in [0.15, 0.2) is 66.7 Å². The van der Waals surface area contributed by atoms with E-state index in [4.69, 9.17) is 4.84 Å². The quantitative estimate of drug-likeness (QED) is 0.696. The molecule has 23 heavy (non-hydrogen) atoms. The van der Waals surface area contributed by atoms with Crippen molar-refractivity contribution in [3.05, 3.63) is 72.4 Å². The van der Waals surface area contributed by atoms with Crippen LogP contribution in [0, 0.1) is 0 Å². The van der Waals surface area contributed by atoms with Crippen LogP contribution in [0.3, 0.4) is 0 Å². The van der Waals surface area contributed by atoms with Crippen LogP contribution in [-0.4, -0.2) is 34.9 Å². The lowest BCUT2D eigenvalue weighted by atomic mass is 10.1. The standard InChI is InChI=1S/C18H17N3O2/c1-20(23-2)18(22)17-13-16(14-9-5-3-6-10-14)19-21(17)15-11-7-4-8-12-15/h3-13H,1-2H3. The number of carbonyl (C=O) groups is 1. The zero-order valence-corrected chi connectivity index (χ0v) is 13.0. The number of rotatable bonds is 4. The molecule has 1 aromatic heterocycles. The number of aromatic nitrogens is 2. The molecule has 0 aliphatic rings. The van der Waals surface area contributed by atoms with E-state index in [1.807, 2.05) is 60.7 Å². The molecule has 0 fully saturated rings. The summed E-state index contributed by atoms with van der Waals surface area (Å²) in [6.07, 6.45) is 0. The van der Waals surface area contributed by atoms with E-state index in [0.717, 1.165) is 16.9 Å². The van der Waals surface area contributed by atoms with Crippen molar-refractivity contribution < 1.29 is 9.63 Å². The van der Waals surface area contributed by atoms with Gasteiger partial charge >= 0.3 is 0 Å².